The van der Waals surface area contributed by atoms with Crippen molar-refractivity contribution in [1.29, 1.82) is 0 Å². The number of anilines is 1. The van der Waals surface area contributed by atoms with E-state index in [4.69, 9.17) is 15.2 Å². The molecule has 12 heavy (non-hydrogen) atoms. The quantitative estimate of drug-likeness (QED) is 0.674. The van der Waals surface area contributed by atoms with Gasteiger partial charge in [0.2, 0.25) is 0 Å². The van der Waals surface area contributed by atoms with Gasteiger partial charge in [0.15, 0.2) is 0 Å². The Morgan fingerprint density at radius 3 is 2.92 bits per heavy atom. The van der Waals surface area contributed by atoms with E-state index in [1.807, 2.05) is 0 Å². The smallest absolute Gasteiger partial charge is 0.133 e. The molecule has 0 fully saturated rings. The van der Waals surface area contributed by atoms with Crippen molar-refractivity contribution in [2.75, 3.05) is 26.1 Å². The number of methoxy groups -OCH3 is 1. The summed E-state index contributed by atoms with van der Waals surface area (Å²) >= 11 is 1.17. The zero-order chi connectivity index (χ0) is 8.81. The molecule has 0 aliphatic carbocycles. The molecule has 0 amide bonds. The van der Waals surface area contributed by atoms with Gasteiger partial charge < -0.3 is 15.2 Å². The third-order valence-corrected chi connectivity index (χ3v) is 1.85. The summed E-state index contributed by atoms with van der Waals surface area (Å²) in [5.41, 5.74) is 6.24. The highest BCUT2D eigenvalue weighted by atomic mass is 32.1. The van der Waals surface area contributed by atoms with Gasteiger partial charge in [0.1, 0.15) is 10.7 Å². The topological polar surface area (TPSA) is 70.3 Å². The summed E-state index contributed by atoms with van der Waals surface area (Å²) in [5, 5.41) is 4.41. The van der Waals surface area contributed by atoms with Gasteiger partial charge in [-0.2, -0.15) is 0 Å². The van der Waals surface area contributed by atoms with E-state index in [1.165, 1.54) is 11.5 Å². The van der Waals surface area contributed by atoms with E-state index in [9.17, 15) is 0 Å². The monoisotopic (exact) mass is 189 g/mol. The molecule has 1 aromatic rings. The van der Waals surface area contributed by atoms with Crippen molar-refractivity contribution in [2.24, 2.45) is 0 Å². The molecule has 1 aromatic heterocycles. The molecule has 1 heterocycles. The van der Waals surface area contributed by atoms with Crippen molar-refractivity contribution in [3.63, 3.8) is 0 Å². The Balaban J connectivity index is 2.20. The van der Waals surface area contributed by atoms with Crippen LogP contribution in [-0.4, -0.2) is 29.9 Å². The molecule has 0 saturated heterocycles. The van der Waals surface area contributed by atoms with E-state index in [0.717, 1.165) is 0 Å². The largest absolute Gasteiger partial charge is 0.388 e. The van der Waals surface area contributed by atoms with Crippen molar-refractivity contribution < 1.29 is 9.47 Å². The van der Waals surface area contributed by atoms with Gasteiger partial charge in [0.05, 0.1) is 19.8 Å². The fourth-order valence-electron chi connectivity index (χ4n) is 0.627. The number of hydrogen-bond donors (Lipinski definition) is 1. The molecule has 0 atom stereocenters. The standard InChI is InChI=1S/C6H11N3O2S/c1-10-2-3-11-4-5-6(7)12-9-8-5/h2-4,7H2,1H3. The second kappa shape index (κ2) is 5.02. The average molecular weight is 189 g/mol. The first-order valence-corrected chi connectivity index (χ1v) is 4.25. The lowest BCUT2D eigenvalue weighted by Crippen LogP contribution is -2.03. The lowest BCUT2D eigenvalue weighted by atomic mass is 10.5. The third kappa shape index (κ3) is 2.72. The van der Waals surface area contributed by atoms with E-state index in [-0.39, 0.29) is 0 Å². The summed E-state index contributed by atoms with van der Waals surface area (Å²) < 4.78 is 13.7. The van der Waals surface area contributed by atoms with E-state index in [2.05, 4.69) is 9.59 Å². The molecule has 0 bridgehead atoms. The number of nitrogens with two attached hydrogens (primary N) is 1. The number of ether oxygens (including phenoxy) is 2. The maximum Gasteiger partial charge on any atom is 0.133 e. The molecule has 0 aliphatic heterocycles. The number of hydrogen-bond acceptors (Lipinski definition) is 6. The fraction of sp³-hybridized carbons (Fsp3) is 0.667. The van der Waals surface area contributed by atoms with Gasteiger partial charge in [-0.05, 0) is 0 Å². The highest BCUT2D eigenvalue weighted by Gasteiger charge is 2.02. The molecule has 1 rings (SSSR count). The molecular formula is C6H11N3O2S. The summed E-state index contributed by atoms with van der Waals surface area (Å²) in [4.78, 5) is 0. The SMILES string of the molecule is COCCOCc1nnsc1N. The number of nitrogen functional groups attached to an aromatic ring is 1. The van der Waals surface area contributed by atoms with Crippen molar-refractivity contribution in [3.8, 4) is 0 Å². The van der Waals surface area contributed by atoms with Crippen molar-refractivity contribution >= 4 is 16.5 Å². The second-order valence-electron chi connectivity index (χ2n) is 2.13. The van der Waals surface area contributed by atoms with Crippen molar-refractivity contribution in [2.45, 2.75) is 6.61 Å². The Labute approximate surface area is 74.6 Å². The Kier molecular flexibility index (Phi) is 3.92. The number of aromatic nitrogens is 2. The Hall–Kier alpha value is -0.720. The van der Waals surface area contributed by atoms with Gasteiger partial charge in [0.25, 0.3) is 0 Å². The third-order valence-electron chi connectivity index (χ3n) is 1.26. The first-order valence-electron chi connectivity index (χ1n) is 3.48. The lowest BCUT2D eigenvalue weighted by Gasteiger charge is -2.00. The second-order valence-corrected chi connectivity index (χ2v) is 2.91. The summed E-state index contributed by atoms with van der Waals surface area (Å²) in [6.07, 6.45) is 0. The molecule has 0 aliphatic rings. The predicted octanol–water partition coefficient (Wildman–Crippen LogP) is 0.283. The number of rotatable bonds is 5. The van der Waals surface area contributed by atoms with Crippen LogP contribution < -0.4 is 5.73 Å². The normalized spacial score (nSPS) is 10.4. The lowest BCUT2D eigenvalue weighted by molar-refractivity contribution is 0.0604. The maximum absolute atomic E-state index is 5.54. The van der Waals surface area contributed by atoms with Gasteiger partial charge in [0, 0.05) is 18.6 Å². The van der Waals surface area contributed by atoms with Crippen LogP contribution in [0.3, 0.4) is 0 Å². The van der Waals surface area contributed by atoms with Crippen LogP contribution in [0.4, 0.5) is 5.00 Å². The van der Waals surface area contributed by atoms with Crippen LogP contribution in [-0.2, 0) is 16.1 Å². The van der Waals surface area contributed by atoms with Crippen LogP contribution in [0, 0.1) is 0 Å². The summed E-state index contributed by atoms with van der Waals surface area (Å²) in [6, 6.07) is 0. The average Bonchev–Trinajstić information content (AvgIpc) is 2.46. The molecule has 5 nitrogen and oxygen atoms in total. The molecule has 0 unspecified atom stereocenters. The molecule has 0 spiro atoms. The van der Waals surface area contributed by atoms with Crippen molar-refractivity contribution in [3.05, 3.63) is 5.69 Å². The Morgan fingerprint density at radius 1 is 1.50 bits per heavy atom. The van der Waals surface area contributed by atoms with Crippen LogP contribution in [0.1, 0.15) is 5.69 Å². The summed E-state index contributed by atoms with van der Waals surface area (Å²) in [7, 11) is 1.63. The molecule has 0 aromatic carbocycles. The van der Waals surface area contributed by atoms with Crippen LogP contribution in [0.25, 0.3) is 0 Å². The zero-order valence-electron chi connectivity index (χ0n) is 6.82. The van der Waals surface area contributed by atoms with E-state index < -0.39 is 0 Å². The first-order chi connectivity index (χ1) is 5.84. The van der Waals surface area contributed by atoms with Crippen LogP contribution in [0.5, 0.6) is 0 Å². The zero-order valence-corrected chi connectivity index (χ0v) is 7.63. The van der Waals surface area contributed by atoms with Gasteiger partial charge in [-0.3, -0.25) is 0 Å². The van der Waals surface area contributed by atoms with E-state index in [0.29, 0.717) is 30.5 Å². The summed E-state index contributed by atoms with van der Waals surface area (Å²) in [5.74, 6) is 0. The molecule has 0 radical (unpaired) electrons. The van der Waals surface area contributed by atoms with Gasteiger partial charge in [-0.1, -0.05) is 4.49 Å². The molecule has 0 saturated carbocycles. The minimum Gasteiger partial charge on any atom is -0.388 e. The number of nitrogens with zero attached hydrogens (tertiary/aromatic N) is 2. The van der Waals surface area contributed by atoms with Gasteiger partial charge in [-0.15, -0.1) is 5.10 Å². The molecule has 68 valence electrons. The van der Waals surface area contributed by atoms with Gasteiger partial charge >= 0.3 is 0 Å². The Morgan fingerprint density at radius 2 is 2.33 bits per heavy atom. The fourth-order valence-corrected chi connectivity index (χ4v) is 1.06. The maximum atomic E-state index is 5.54. The molecule has 2 N–H and O–H groups in total. The first kappa shape index (κ1) is 9.37. The van der Waals surface area contributed by atoms with Crippen LogP contribution >= 0.6 is 11.5 Å². The molecular weight excluding hydrogens is 178 g/mol. The minimum atomic E-state index is 0.408. The van der Waals surface area contributed by atoms with Gasteiger partial charge in [-0.25, -0.2) is 0 Å². The van der Waals surface area contributed by atoms with Crippen LogP contribution in [0.2, 0.25) is 0 Å². The molecule has 6 heteroatoms. The minimum absolute atomic E-state index is 0.408. The highest BCUT2D eigenvalue weighted by molar-refractivity contribution is 7.09. The van der Waals surface area contributed by atoms with E-state index in [1.54, 1.807) is 7.11 Å². The van der Waals surface area contributed by atoms with Crippen LogP contribution in [0.15, 0.2) is 0 Å². The highest BCUT2D eigenvalue weighted by Crippen LogP contribution is 2.12. The Bertz CT molecular complexity index is 228. The summed E-state index contributed by atoms with van der Waals surface area (Å²) in [6.45, 7) is 1.54. The predicted molar refractivity (Wildman–Crippen MR) is 45.9 cm³/mol. The van der Waals surface area contributed by atoms with E-state index >= 15 is 0 Å². The van der Waals surface area contributed by atoms with Crippen molar-refractivity contribution in [1.82, 2.24) is 9.59 Å².